The van der Waals surface area contributed by atoms with Gasteiger partial charge in [0.25, 0.3) is 0 Å². The molecule has 0 spiro atoms. The van der Waals surface area contributed by atoms with Gasteiger partial charge in [-0.05, 0) is 72.1 Å². The van der Waals surface area contributed by atoms with Gasteiger partial charge in [-0.3, -0.25) is 0 Å². The van der Waals surface area contributed by atoms with Crippen LogP contribution in [0.5, 0.6) is 0 Å². The van der Waals surface area contributed by atoms with Crippen molar-refractivity contribution < 1.29 is 4.39 Å². The first-order valence-corrected chi connectivity index (χ1v) is 7.68. The molecule has 1 aliphatic rings. The molecule has 0 bridgehead atoms. The molecular formula is C15H21BrFN. The molecule has 1 unspecified atom stereocenters. The highest BCUT2D eigenvalue weighted by molar-refractivity contribution is 9.10. The molecule has 3 heteroatoms. The molecule has 18 heavy (non-hydrogen) atoms. The fourth-order valence-corrected chi connectivity index (χ4v) is 2.98. The molecule has 1 N–H and O–H groups in total. The molecule has 0 radical (unpaired) electrons. The quantitative estimate of drug-likeness (QED) is 0.791. The van der Waals surface area contributed by atoms with Gasteiger partial charge in [-0.2, -0.15) is 0 Å². The highest BCUT2D eigenvalue weighted by Crippen LogP contribution is 2.34. The van der Waals surface area contributed by atoms with Gasteiger partial charge < -0.3 is 5.32 Å². The molecule has 0 amide bonds. The Hall–Kier alpha value is -0.410. The average molecular weight is 314 g/mol. The second kappa shape index (κ2) is 6.67. The highest BCUT2D eigenvalue weighted by atomic mass is 79.9. The molecular weight excluding hydrogens is 293 g/mol. The first kappa shape index (κ1) is 14.0. The fourth-order valence-electron chi connectivity index (χ4n) is 2.52. The van der Waals surface area contributed by atoms with Crippen LogP contribution in [0, 0.1) is 11.7 Å². The number of benzene rings is 1. The summed E-state index contributed by atoms with van der Waals surface area (Å²) in [7, 11) is 0. The molecule has 0 heterocycles. The Morgan fingerprint density at radius 2 is 2.22 bits per heavy atom. The maximum atomic E-state index is 13.4. The van der Waals surface area contributed by atoms with E-state index in [4.69, 9.17) is 0 Å². The molecule has 1 atom stereocenters. The zero-order valence-corrected chi connectivity index (χ0v) is 12.5. The zero-order valence-electron chi connectivity index (χ0n) is 10.9. The van der Waals surface area contributed by atoms with E-state index in [1.165, 1.54) is 25.3 Å². The van der Waals surface area contributed by atoms with Gasteiger partial charge in [-0.1, -0.05) is 19.1 Å². The molecule has 1 fully saturated rings. The van der Waals surface area contributed by atoms with Crippen LogP contribution in [-0.2, 0) is 6.42 Å². The largest absolute Gasteiger partial charge is 0.314 e. The van der Waals surface area contributed by atoms with Crippen LogP contribution in [0.2, 0.25) is 0 Å². The van der Waals surface area contributed by atoms with Crippen LogP contribution in [-0.4, -0.2) is 12.6 Å². The van der Waals surface area contributed by atoms with Crippen LogP contribution in [0.25, 0.3) is 0 Å². The first-order valence-electron chi connectivity index (χ1n) is 6.88. The van der Waals surface area contributed by atoms with Crippen molar-refractivity contribution in [3.63, 3.8) is 0 Å². The van der Waals surface area contributed by atoms with E-state index < -0.39 is 0 Å². The van der Waals surface area contributed by atoms with E-state index in [9.17, 15) is 4.39 Å². The van der Waals surface area contributed by atoms with Crippen molar-refractivity contribution in [3.05, 3.63) is 34.1 Å². The van der Waals surface area contributed by atoms with Gasteiger partial charge in [0.2, 0.25) is 0 Å². The summed E-state index contributed by atoms with van der Waals surface area (Å²) in [5.41, 5.74) is 1.08. The molecule has 0 aromatic heterocycles. The Morgan fingerprint density at radius 1 is 1.44 bits per heavy atom. The SMILES string of the molecule is CCNC(CCCc1cccc(F)c1Br)C1CC1. The van der Waals surface area contributed by atoms with Crippen LogP contribution in [0.1, 0.15) is 38.2 Å². The molecule has 2 rings (SSSR count). The molecule has 0 aliphatic heterocycles. The van der Waals surface area contributed by atoms with Gasteiger partial charge in [0, 0.05) is 6.04 Å². The van der Waals surface area contributed by atoms with Crippen LogP contribution in [0.3, 0.4) is 0 Å². The standard InChI is InChI=1S/C15H21BrFN/c1-2-18-14(11-9-10-11)8-4-6-12-5-3-7-13(17)15(12)16/h3,5,7,11,14,18H,2,4,6,8-10H2,1H3. The predicted octanol–water partition coefficient (Wildman–Crippen LogP) is 4.30. The van der Waals surface area contributed by atoms with Crippen molar-refractivity contribution >= 4 is 15.9 Å². The maximum absolute atomic E-state index is 13.4. The van der Waals surface area contributed by atoms with E-state index in [1.54, 1.807) is 6.07 Å². The third-order valence-corrected chi connectivity index (χ3v) is 4.54. The summed E-state index contributed by atoms with van der Waals surface area (Å²) in [6.45, 7) is 3.21. The zero-order chi connectivity index (χ0) is 13.0. The molecule has 100 valence electrons. The van der Waals surface area contributed by atoms with E-state index in [0.29, 0.717) is 10.5 Å². The lowest BCUT2D eigenvalue weighted by atomic mass is 10.0. The minimum Gasteiger partial charge on any atom is -0.314 e. The summed E-state index contributed by atoms with van der Waals surface area (Å²) in [5.74, 6) is 0.735. The van der Waals surface area contributed by atoms with Crippen molar-refractivity contribution in [2.75, 3.05) is 6.54 Å². The lowest BCUT2D eigenvalue weighted by Gasteiger charge is -2.17. The molecule has 0 saturated heterocycles. The van der Waals surface area contributed by atoms with Crippen molar-refractivity contribution in [2.45, 2.75) is 45.1 Å². The van der Waals surface area contributed by atoms with Gasteiger partial charge >= 0.3 is 0 Å². The van der Waals surface area contributed by atoms with Crippen LogP contribution >= 0.6 is 15.9 Å². The number of hydrogen-bond donors (Lipinski definition) is 1. The summed E-state index contributed by atoms with van der Waals surface area (Å²) < 4.78 is 14.0. The van der Waals surface area contributed by atoms with Gasteiger partial charge in [0.05, 0.1) is 4.47 Å². The third kappa shape index (κ3) is 3.79. The summed E-state index contributed by atoms with van der Waals surface area (Å²) >= 11 is 3.33. The minimum atomic E-state index is -0.155. The van der Waals surface area contributed by atoms with E-state index in [-0.39, 0.29) is 5.82 Å². The van der Waals surface area contributed by atoms with Crippen LogP contribution < -0.4 is 5.32 Å². The second-order valence-corrected chi connectivity index (χ2v) is 5.90. The Kier molecular flexibility index (Phi) is 5.19. The monoisotopic (exact) mass is 313 g/mol. The maximum Gasteiger partial charge on any atom is 0.137 e. The molecule has 1 aliphatic carbocycles. The summed E-state index contributed by atoms with van der Waals surface area (Å²) in [6.07, 6.45) is 6.02. The molecule has 1 nitrogen and oxygen atoms in total. The van der Waals surface area contributed by atoms with Crippen LogP contribution in [0.15, 0.2) is 22.7 Å². The summed E-state index contributed by atoms with van der Waals surface area (Å²) in [6, 6.07) is 5.96. The van der Waals surface area contributed by atoms with Crippen LogP contribution in [0.4, 0.5) is 4.39 Å². The van der Waals surface area contributed by atoms with Gasteiger partial charge in [-0.15, -0.1) is 0 Å². The fraction of sp³-hybridized carbons (Fsp3) is 0.600. The minimum absolute atomic E-state index is 0.155. The first-order chi connectivity index (χ1) is 8.72. The van der Waals surface area contributed by atoms with E-state index in [0.717, 1.165) is 30.9 Å². The Morgan fingerprint density at radius 3 is 2.89 bits per heavy atom. The van der Waals surface area contributed by atoms with E-state index in [1.807, 2.05) is 6.07 Å². The number of halogens is 2. The van der Waals surface area contributed by atoms with Crippen molar-refractivity contribution in [1.29, 1.82) is 0 Å². The highest BCUT2D eigenvalue weighted by Gasteiger charge is 2.29. The summed E-state index contributed by atoms with van der Waals surface area (Å²) in [4.78, 5) is 0. The Balaban J connectivity index is 1.81. The normalized spacial score (nSPS) is 16.8. The van der Waals surface area contributed by atoms with Gasteiger partial charge in [0.1, 0.15) is 5.82 Å². The van der Waals surface area contributed by atoms with Gasteiger partial charge in [-0.25, -0.2) is 4.39 Å². The number of nitrogens with one attached hydrogen (secondary N) is 1. The molecule has 1 aromatic carbocycles. The lowest BCUT2D eigenvalue weighted by molar-refractivity contribution is 0.434. The van der Waals surface area contributed by atoms with E-state index >= 15 is 0 Å². The molecule has 1 saturated carbocycles. The average Bonchev–Trinajstić information content (AvgIpc) is 3.17. The van der Waals surface area contributed by atoms with Gasteiger partial charge in [0.15, 0.2) is 0 Å². The lowest BCUT2D eigenvalue weighted by Crippen LogP contribution is -2.30. The van der Waals surface area contributed by atoms with Crippen molar-refractivity contribution in [2.24, 2.45) is 5.92 Å². The number of aryl methyl sites for hydroxylation is 1. The summed E-state index contributed by atoms with van der Waals surface area (Å²) in [5, 5.41) is 3.57. The third-order valence-electron chi connectivity index (χ3n) is 3.65. The number of hydrogen-bond acceptors (Lipinski definition) is 1. The van der Waals surface area contributed by atoms with E-state index in [2.05, 4.69) is 28.2 Å². The Labute approximate surface area is 117 Å². The molecule has 1 aromatic rings. The number of rotatable bonds is 7. The van der Waals surface area contributed by atoms with Crippen molar-refractivity contribution in [3.8, 4) is 0 Å². The van der Waals surface area contributed by atoms with Crippen molar-refractivity contribution in [1.82, 2.24) is 5.32 Å². The Bertz CT molecular complexity index is 390. The predicted molar refractivity (Wildman–Crippen MR) is 77.2 cm³/mol. The smallest absolute Gasteiger partial charge is 0.137 e. The topological polar surface area (TPSA) is 12.0 Å². The second-order valence-electron chi connectivity index (χ2n) is 5.11.